The van der Waals surface area contributed by atoms with Crippen LogP contribution in [0.15, 0.2) is 36.4 Å². The molecular formula is C20H21F3N2O3. The number of hydrogen-bond acceptors (Lipinski definition) is 5. The summed E-state index contributed by atoms with van der Waals surface area (Å²) in [6, 6.07) is 7.77. The van der Waals surface area contributed by atoms with Crippen LogP contribution in [0.25, 0.3) is 11.3 Å². The molecule has 1 aromatic heterocycles. The zero-order valence-electron chi connectivity index (χ0n) is 15.4. The Morgan fingerprint density at radius 1 is 1.25 bits per heavy atom. The molecule has 0 unspecified atom stereocenters. The van der Waals surface area contributed by atoms with Crippen molar-refractivity contribution in [3.63, 3.8) is 0 Å². The van der Waals surface area contributed by atoms with E-state index in [0.717, 1.165) is 18.2 Å². The van der Waals surface area contributed by atoms with Gasteiger partial charge in [-0.3, -0.25) is 4.79 Å². The Morgan fingerprint density at radius 3 is 2.61 bits per heavy atom. The van der Waals surface area contributed by atoms with Gasteiger partial charge in [-0.2, -0.15) is 13.2 Å². The van der Waals surface area contributed by atoms with Gasteiger partial charge < -0.3 is 14.7 Å². The van der Waals surface area contributed by atoms with Crippen molar-refractivity contribution in [3.8, 4) is 17.0 Å². The van der Waals surface area contributed by atoms with Gasteiger partial charge in [-0.15, -0.1) is 0 Å². The van der Waals surface area contributed by atoms with Crippen LogP contribution in [0, 0.1) is 5.92 Å². The molecule has 2 aromatic rings. The number of anilines is 1. The third-order valence-electron chi connectivity index (χ3n) is 4.77. The fraction of sp³-hybridized carbons (Fsp3) is 0.400. The maximum atomic E-state index is 13.0. The Bertz CT molecular complexity index is 847. The van der Waals surface area contributed by atoms with Gasteiger partial charge in [0.25, 0.3) is 0 Å². The summed E-state index contributed by atoms with van der Waals surface area (Å²) in [5.41, 5.74) is -0.561. The third-order valence-corrected chi connectivity index (χ3v) is 4.77. The van der Waals surface area contributed by atoms with Gasteiger partial charge in [0.15, 0.2) is 0 Å². The molecular weight excluding hydrogens is 373 g/mol. The van der Waals surface area contributed by atoms with Crippen LogP contribution in [0.2, 0.25) is 0 Å². The molecule has 0 saturated carbocycles. The van der Waals surface area contributed by atoms with E-state index in [4.69, 9.17) is 4.74 Å². The van der Waals surface area contributed by atoms with E-state index in [-0.39, 0.29) is 28.9 Å². The summed E-state index contributed by atoms with van der Waals surface area (Å²) >= 11 is 0. The molecule has 1 saturated heterocycles. The van der Waals surface area contributed by atoms with E-state index < -0.39 is 11.7 Å². The first-order valence-electron chi connectivity index (χ1n) is 9.09. The highest BCUT2D eigenvalue weighted by atomic mass is 19.4. The fourth-order valence-corrected chi connectivity index (χ4v) is 3.27. The van der Waals surface area contributed by atoms with Crippen molar-refractivity contribution < 1.29 is 27.8 Å². The van der Waals surface area contributed by atoms with E-state index in [1.807, 2.05) is 4.90 Å². The van der Waals surface area contributed by atoms with Gasteiger partial charge in [-0.1, -0.05) is 6.07 Å². The average Bonchev–Trinajstić information content (AvgIpc) is 2.68. The lowest BCUT2D eigenvalue weighted by molar-refractivity contribution is -0.148. The van der Waals surface area contributed by atoms with Crippen molar-refractivity contribution in [1.82, 2.24) is 4.98 Å². The Hall–Kier alpha value is -2.77. The van der Waals surface area contributed by atoms with Crippen molar-refractivity contribution in [2.24, 2.45) is 5.92 Å². The lowest BCUT2D eigenvalue weighted by Gasteiger charge is -2.31. The minimum atomic E-state index is -4.50. The van der Waals surface area contributed by atoms with Crippen molar-refractivity contribution in [2.75, 3.05) is 24.6 Å². The number of carbonyl (C=O) groups excluding carboxylic acids is 1. The average molecular weight is 394 g/mol. The van der Waals surface area contributed by atoms with Gasteiger partial charge >= 0.3 is 12.1 Å². The molecule has 0 spiro atoms. The predicted molar refractivity (Wildman–Crippen MR) is 97.9 cm³/mol. The highest BCUT2D eigenvalue weighted by Gasteiger charge is 2.31. The monoisotopic (exact) mass is 394 g/mol. The molecule has 1 aliphatic heterocycles. The topological polar surface area (TPSA) is 62.7 Å². The van der Waals surface area contributed by atoms with Crippen LogP contribution < -0.4 is 4.90 Å². The Morgan fingerprint density at radius 2 is 1.96 bits per heavy atom. The number of hydrogen-bond donors (Lipinski definition) is 1. The number of rotatable bonds is 4. The summed E-state index contributed by atoms with van der Waals surface area (Å²) in [6.07, 6.45) is -3.26. The SMILES string of the molecule is CCOC(=O)C1CCN(c2cccc(-c3cc(C(F)(F)F)ccc3O)n2)CC1. The molecule has 0 bridgehead atoms. The van der Waals surface area contributed by atoms with Crippen LogP contribution in [0.3, 0.4) is 0 Å². The number of aromatic nitrogens is 1. The van der Waals surface area contributed by atoms with Gasteiger partial charge in [0.05, 0.1) is 23.8 Å². The fourth-order valence-electron chi connectivity index (χ4n) is 3.27. The maximum Gasteiger partial charge on any atom is 0.416 e. The Labute approximate surface area is 160 Å². The normalized spacial score (nSPS) is 15.5. The second-order valence-electron chi connectivity index (χ2n) is 6.62. The molecule has 28 heavy (non-hydrogen) atoms. The highest BCUT2D eigenvalue weighted by Crippen LogP contribution is 2.36. The number of phenols is 1. The number of aromatic hydroxyl groups is 1. The summed E-state index contributed by atoms with van der Waals surface area (Å²) in [5, 5.41) is 10.0. The third kappa shape index (κ3) is 4.37. The zero-order chi connectivity index (χ0) is 20.3. The van der Waals surface area contributed by atoms with Crippen LogP contribution in [-0.2, 0) is 15.7 Å². The maximum absolute atomic E-state index is 13.0. The predicted octanol–water partition coefficient (Wildman–Crippen LogP) is 4.25. The van der Waals surface area contributed by atoms with Crippen LogP contribution in [0.4, 0.5) is 19.0 Å². The summed E-state index contributed by atoms with van der Waals surface area (Å²) in [6.45, 7) is 3.30. The largest absolute Gasteiger partial charge is 0.507 e. The molecule has 5 nitrogen and oxygen atoms in total. The lowest BCUT2D eigenvalue weighted by atomic mass is 9.97. The minimum absolute atomic E-state index is 0.0260. The molecule has 0 aliphatic carbocycles. The first-order valence-corrected chi connectivity index (χ1v) is 9.09. The lowest BCUT2D eigenvalue weighted by Crippen LogP contribution is -2.37. The van der Waals surface area contributed by atoms with Crippen molar-refractivity contribution in [2.45, 2.75) is 25.9 Å². The molecule has 1 N–H and O–H groups in total. The standard InChI is InChI=1S/C20H21F3N2O3/c1-2-28-19(27)13-8-10-25(11-9-13)18-5-3-4-16(24-18)15-12-14(20(21,22)23)6-7-17(15)26/h3-7,12-13,26H,2,8-11H2,1H3. The van der Waals surface area contributed by atoms with Crippen molar-refractivity contribution in [1.29, 1.82) is 0 Å². The molecule has 0 atom stereocenters. The van der Waals surface area contributed by atoms with Gasteiger partial charge in [0, 0.05) is 18.7 Å². The molecule has 0 amide bonds. The summed E-state index contributed by atoms with van der Waals surface area (Å²) in [4.78, 5) is 18.3. The quantitative estimate of drug-likeness (QED) is 0.786. The summed E-state index contributed by atoms with van der Waals surface area (Å²) in [7, 11) is 0. The zero-order valence-corrected chi connectivity index (χ0v) is 15.4. The molecule has 1 aromatic carbocycles. The number of halogens is 3. The van der Waals surface area contributed by atoms with Gasteiger partial charge in [-0.05, 0) is 50.1 Å². The van der Waals surface area contributed by atoms with E-state index >= 15 is 0 Å². The van der Waals surface area contributed by atoms with Crippen LogP contribution in [0.5, 0.6) is 5.75 Å². The number of esters is 1. The van der Waals surface area contributed by atoms with Gasteiger partial charge in [0.2, 0.25) is 0 Å². The summed E-state index contributed by atoms with van der Waals surface area (Å²) < 4.78 is 44.0. The highest BCUT2D eigenvalue weighted by molar-refractivity contribution is 5.73. The molecule has 150 valence electrons. The molecule has 0 radical (unpaired) electrons. The number of nitrogens with zero attached hydrogens (tertiary/aromatic N) is 2. The number of carbonyl (C=O) groups is 1. The number of ether oxygens (including phenoxy) is 1. The summed E-state index contributed by atoms with van der Waals surface area (Å²) in [5.74, 6) is -0.0140. The first kappa shape index (κ1) is 20.0. The molecule has 3 rings (SSSR count). The van der Waals surface area contributed by atoms with Gasteiger partial charge in [0.1, 0.15) is 11.6 Å². The Kier molecular flexibility index (Phi) is 5.76. The van der Waals surface area contributed by atoms with Crippen LogP contribution in [0.1, 0.15) is 25.3 Å². The van der Waals surface area contributed by atoms with E-state index in [9.17, 15) is 23.1 Å². The number of phenolic OH excluding ortho intramolecular Hbond substituents is 1. The number of alkyl halides is 3. The van der Waals surface area contributed by atoms with E-state index in [2.05, 4.69) is 4.98 Å². The van der Waals surface area contributed by atoms with Gasteiger partial charge in [-0.25, -0.2) is 4.98 Å². The molecule has 2 heterocycles. The number of pyridine rings is 1. The van der Waals surface area contributed by atoms with E-state index in [1.54, 1.807) is 25.1 Å². The molecule has 8 heteroatoms. The van der Waals surface area contributed by atoms with Crippen LogP contribution in [-0.4, -0.2) is 35.8 Å². The Balaban J connectivity index is 1.80. The van der Waals surface area contributed by atoms with Crippen molar-refractivity contribution >= 4 is 11.8 Å². The van der Waals surface area contributed by atoms with Crippen molar-refractivity contribution in [3.05, 3.63) is 42.0 Å². The molecule has 1 aliphatic rings. The van der Waals surface area contributed by atoms with E-state index in [1.165, 1.54) is 0 Å². The van der Waals surface area contributed by atoms with Crippen LogP contribution >= 0.6 is 0 Å². The minimum Gasteiger partial charge on any atom is -0.507 e. The smallest absolute Gasteiger partial charge is 0.416 e. The first-order chi connectivity index (χ1) is 13.3. The number of benzene rings is 1. The number of piperidine rings is 1. The second kappa shape index (κ2) is 8.08. The molecule has 1 fully saturated rings. The van der Waals surface area contributed by atoms with E-state index in [0.29, 0.717) is 38.4 Å². The second-order valence-corrected chi connectivity index (χ2v) is 6.62.